The van der Waals surface area contributed by atoms with Crippen molar-refractivity contribution in [2.45, 2.75) is 0 Å². The normalized spacial score (nSPS) is 9.88. The van der Waals surface area contributed by atoms with Gasteiger partial charge in [0, 0.05) is 24.0 Å². The van der Waals surface area contributed by atoms with E-state index in [-0.39, 0.29) is 0 Å². The third kappa shape index (κ3) is 1.84. The molecule has 2 rings (SSSR count). The summed E-state index contributed by atoms with van der Waals surface area (Å²) in [5.41, 5.74) is 1.88. The van der Waals surface area contributed by atoms with E-state index in [1.165, 1.54) is 0 Å². The van der Waals surface area contributed by atoms with Gasteiger partial charge in [0.1, 0.15) is 0 Å². The number of ether oxygens (including phenoxy) is 2. The molecular formula is C13H12NO2. The molecule has 3 nitrogen and oxygen atoms in total. The summed E-state index contributed by atoms with van der Waals surface area (Å²) in [6.07, 6.45) is 3.36. The van der Waals surface area contributed by atoms with Crippen LogP contribution in [0.15, 0.2) is 36.7 Å². The molecule has 0 fully saturated rings. The van der Waals surface area contributed by atoms with Crippen molar-refractivity contribution in [2.24, 2.45) is 0 Å². The summed E-state index contributed by atoms with van der Waals surface area (Å²) in [6.45, 7) is 0. The second-order valence-electron chi connectivity index (χ2n) is 3.19. The quantitative estimate of drug-likeness (QED) is 0.786. The molecule has 81 valence electrons. The van der Waals surface area contributed by atoms with Crippen LogP contribution in [0.25, 0.3) is 11.1 Å². The van der Waals surface area contributed by atoms with E-state index < -0.39 is 0 Å². The molecule has 0 atom stereocenters. The first kappa shape index (κ1) is 10.5. The lowest BCUT2D eigenvalue weighted by molar-refractivity contribution is 0.356. The number of methoxy groups -OCH3 is 2. The third-order valence-electron chi connectivity index (χ3n) is 2.31. The van der Waals surface area contributed by atoms with Crippen LogP contribution in [0, 0.1) is 6.07 Å². The number of aromatic nitrogens is 1. The molecule has 0 saturated heterocycles. The fourth-order valence-electron chi connectivity index (χ4n) is 1.58. The van der Waals surface area contributed by atoms with Gasteiger partial charge in [-0.15, -0.1) is 0 Å². The fourth-order valence-corrected chi connectivity index (χ4v) is 1.58. The van der Waals surface area contributed by atoms with Gasteiger partial charge in [0.25, 0.3) is 0 Å². The Morgan fingerprint density at radius 2 is 2.00 bits per heavy atom. The average molecular weight is 214 g/mol. The third-order valence-corrected chi connectivity index (χ3v) is 2.31. The van der Waals surface area contributed by atoms with Crippen molar-refractivity contribution >= 4 is 0 Å². The van der Waals surface area contributed by atoms with E-state index in [0.29, 0.717) is 11.5 Å². The molecule has 0 N–H and O–H groups in total. The number of hydrogen-bond acceptors (Lipinski definition) is 3. The Morgan fingerprint density at radius 3 is 2.62 bits per heavy atom. The van der Waals surface area contributed by atoms with E-state index in [1.54, 1.807) is 26.6 Å². The molecule has 1 aromatic carbocycles. The highest BCUT2D eigenvalue weighted by Gasteiger charge is 2.10. The van der Waals surface area contributed by atoms with Crippen LogP contribution < -0.4 is 9.47 Å². The Hall–Kier alpha value is -2.03. The zero-order valence-electron chi connectivity index (χ0n) is 9.23. The predicted octanol–water partition coefficient (Wildman–Crippen LogP) is 2.57. The summed E-state index contributed by atoms with van der Waals surface area (Å²) in [7, 11) is 3.25. The van der Waals surface area contributed by atoms with Crippen molar-refractivity contribution in [3.8, 4) is 22.6 Å². The second kappa shape index (κ2) is 4.66. The minimum atomic E-state index is 0.713. The van der Waals surface area contributed by atoms with Crippen molar-refractivity contribution in [1.82, 2.24) is 4.98 Å². The molecule has 0 aliphatic carbocycles. The van der Waals surface area contributed by atoms with Crippen LogP contribution in [0.3, 0.4) is 0 Å². The van der Waals surface area contributed by atoms with E-state index in [9.17, 15) is 0 Å². The maximum atomic E-state index is 5.36. The number of para-hydroxylation sites is 1. The smallest absolute Gasteiger partial charge is 0.168 e. The van der Waals surface area contributed by atoms with Crippen molar-refractivity contribution in [2.75, 3.05) is 14.2 Å². The number of nitrogens with zero attached hydrogens (tertiary/aromatic N) is 1. The maximum absolute atomic E-state index is 5.36. The first-order valence-electron chi connectivity index (χ1n) is 4.90. The molecule has 2 aromatic rings. The lowest BCUT2D eigenvalue weighted by Gasteiger charge is -2.12. The molecule has 0 saturated carbocycles. The topological polar surface area (TPSA) is 31.4 Å². The van der Waals surface area contributed by atoms with E-state index in [1.807, 2.05) is 24.3 Å². The van der Waals surface area contributed by atoms with Gasteiger partial charge < -0.3 is 9.47 Å². The maximum Gasteiger partial charge on any atom is 0.168 e. The Kier molecular flexibility index (Phi) is 3.05. The van der Waals surface area contributed by atoms with Crippen molar-refractivity contribution in [3.63, 3.8) is 0 Å². The molecule has 16 heavy (non-hydrogen) atoms. The number of pyridine rings is 1. The Balaban J connectivity index is 2.57. The van der Waals surface area contributed by atoms with Crippen LogP contribution in [0.4, 0.5) is 0 Å². The van der Waals surface area contributed by atoms with Crippen LogP contribution in [-0.2, 0) is 0 Å². The van der Waals surface area contributed by atoms with E-state index >= 15 is 0 Å². The van der Waals surface area contributed by atoms with E-state index in [0.717, 1.165) is 11.1 Å². The molecule has 0 aliphatic heterocycles. The van der Waals surface area contributed by atoms with Gasteiger partial charge in [-0.2, -0.15) is 0 Å². The van der Waals surface area contributed by atoms with Crippen molar-refractivity contribution < 1.29 is 9.47 Å². The van der Waals surface area contributed by atoms with Gasteiger partial charge in [-0.3, -0.25) is 4.98 Å². The highest BCUT2D eigenvalue weighted by molar-refractivity contribution is 5.73. The SMILES string of the molecule is COc1cccc(-c2[c]cncc2)c1OC. The summed E-state index contributed by atoms with van der Waals surface area (Å²) in [4.78, 5) is 3.94. The van der Waals surface area contributed by atoms with Gasteiger partial charge in [0.2, 0.25) is 0 Å². The molecule has 1 aromatic heterocycles. The standard InChI is InChI=1S/C13H12NO2/c1-15-12-5-3-4-11(13(12)16-2)10-6-8-14-9-7-10/h3-6,8-9H,1-2H3. The van der Waals surface area contributed by atoms with Crippen LogP contribution >= 0.6 is 0 Å². The van der Waals surface area contributed by atoms with Gasteiger partial charge in [-0.25, -0.2) is 0 Å². The number of hydrogen-bond donors (Lipinski definition) is 0. The van der Waals surface area contributed by atoms with Gasteiger partial charge in [0.15, 0.2) is 11.5 Å². The van der Waals surface area contributed by atoms with Gasteiger partial charge in [-0.05, 0) is 17.7 Å². The summed E-state index contributed by atoms with van der Waals surface area (Å²) in [5.74, 6) is 1.43. The van der Waals surface area contributed by atoms with Crippen LogP contribution in [0.5, 0.6) is 11.5 Å². The number of rotatable bonds is 3. The largest absolute Gasteiger partial charge is 0.493 e. The second-order valence-corrected chi connectivity index (χ2v) is 3.19. The van der Waals surface area contributed by atoms with Crippen LogP contribution in [0.2, 0.25) is 0 Å². The van der Waals surface area contributed by atoms with Crippen LogP contribution in [0.1, 0.15) is 0 Å². The molecule has 0 amide bonds. The highest BCUT2D eigenvalue weighted by atomic mass is 16.5. The zero-order valence-corrected chi connectivity index (χ0v) is 9.23. The predicted molar refractivity (Wildman–Crippen MR) is 61.6 cm³/mol. The minimum Gasteiger partial charge on any atom is -0.493 e. The highest BCUT2D eigenvalue weighted by Crippen LogP contribution is 2.37. The molecule has 1 radical (unpaired) electrons. The molecule has 0 spiro atoms. The van der Waals surface area contributed by atoms with Gasteiger partial charge in [0.05, 0.1) is 14.2 Å². The molecule has 0 unspecified atom stereocenters. The first-order chi connectivity index (χ1) is 7.86. The Labute approximate surface area is 94.7 Å². The lowest BCUT2D eigenvalue weighted by Crippen LogP contribution is -1.93. The lowest BCUT2D eigenvalue weighted by atomic mass is 10.1. The number of benzene rings is 1. The molecule has 1 heterocycles. The van der Waals surface area contributed by atoms with Crippen LogP contribution in [-0.4, -0.2) is 19.2 Å². The van der Waals surface area contributed by atoms with Gasteiger partial charge >= 0.3 is 0 Å². The fraction of sp³-hybridized carbons (Fsp3) is 0.154. The average Bonchev–Trinajstić information content (AvgIpc) is 2.38. The van der Waals surface area contributed by atoms with Gasteiger partial charge in [-0.1, -0.05) is 12.1 Å². The minimum absolute atomic E-state index is 0.713. The molecule has 3 heteroatoms. The van der Waals surface area contributed by atoms with E-state index in [4.69, 9.17) is 9.47 Å². The summed E-state index contributed by atoms with van der Waals surface area (Å²) >= 11 is 0. The summed E-state index contributed by atoms with van der Waals surface area (Å²) in [6, 6.07) is 10.7. The molecule has 0 bridgehead atoms. The Morgan fingerprint density at radius 1 is 1.12 bits per heavy atom. The zero-order chi connectivity index (χ0) is 11.4. The van der Waals surface area contributed by atoms with Crippen molar-refractivity contribution in [3.05, 3.63) is 42.7 Å². The first-order valence-corrected chi connectivity index (χ1v) is 4.90. The van der Waals surface area contributed by atoms with E-state index in [2.05, 4.69) is 11.1 Å². The molecular weight excluding hydrogens is 202 g/mol. The summed E-state index contributed by atoms with van der Waals surface area (Å²) < 4.78 is 10.6. The molecule has 0 aliphatic rings. The van der Waals surface area contributed by atoms with Crippen molar-refractivity contribution in [1.29, 1.82) is 0 Å². The monoisotopic (exact) mass is 214 g/mol. The Bertz CT molecular complexity index is 469. The summed E-state index contributed by atoms with van der Waals surface area (Å²) in [5, 5.41) is 0.